The summed E-state index contributed by atoms with van der Waals surface area (Å²) in [6.45, 7) is 4.19. The van der Waals surface area contributed by atoms with Gasteiger partial charge in [-0.15, -0.1) is 0 Å². The van der Waals surface area contributed by atoms with Gasteiger partial charge >= 0.3 is 0 Å². The van der Waals surface area contributed by atoms with E-state index in [1.54, 1.807) is 6.20 Å². The van der Waals surface area contributed by atoms with Crippen molar-refractivity contribution in [3.63, 3.8) is 0 Å². The van der Waals surface area contributed by atoms with Gasteiger partial charge in [0.25, 0.3) is 0 Å². The van der Waals surface area contributed by atoms with E-state index < -0.39 is 0 Å². The second kappa shape index (κ2) is 5.14. The molecule has 0 unspecified atom stereocenters. The van der Waals surface area contributed by atoms with Crippen LogP contribution >= 0.6 is 11.6 Å². The molecule has 2 nitrogen and oxygen atoms in total. The van der Waals surface area contributed by atoms with Crippen molar-refractivity contribution in [2.75, 3.05) is 5.32 Å². The molecule has 0 aliphatic carbocycles. The Bertz CT molecular complexity index is 761. The molecule has 0 spiro atoms. The van der Waals surface area contributed by atoms with Crippen LogP contribution in [-0.4, -0.2) is 4.98 Å². The summed E-state index contributed by atoms with van der Waals surface area (Å²) in [6.07, 6.45) is 1.81. The number of hydrogen-bond donors (Lipinski definition) is 1. The first-order valence-corrected chi connectivity index (χ1v) is 6.89. The maximum atomic E-state index is 6.09. The second-order valence-electron chi connectivity index (χ2n) is 5.02. The van der Waals surface area contributed by atoms with Gasteiger partial charge in [0.15, 0.2) is 0 Å². The molecule has 0 atom stereocenters. The molecule has 0 aliphatic heterocycles. The molecule has 0 aliphatic rings. The fourth-order valence-corrected chi connectivity index (χ4v) is 2.60. The number of halogens is 1. The Morgan fingerprint density at radius 1 is 0.950 bits per heavy atom. The van der Waals surface area contributed by atoms with Crippen LogP contribution in [0.1, 0.15) is 11.1 Å². The molecule has 3 heteroatoms. The van der Waals surface area contributed by atoms with Crippen LogP contribution in [0.25, 0.3) is 10.9 Å². The first-order chi connectivity index (χ1) is 9.61. The minimum Gasteiger partial charge on any atom is -0.355 e. The molecule has 1 aromatic heterocycles. The van der Waals surface area contributed by atoms with Gasteiger partial charge in [-0.3, -0.25) is 4.98 Å². The van der Waals surface area contributed by atoms with Crippen LogP contribution in [0.4, 0.5) is 11.4 Å². The number of aryl methyl sites for hydroxylation is 2. The van der Waals surface area contributed by atoms with Gasteiger partial charge in [0.2, 0.25) is 0 Å². The van der Waals surface area contributed by atoms with E-state index in [-0.39, 0.29) is 0 Å². The van der Waals surface area contributed by atoms with Gasteiger partial charge in [0.05, 0.1) is 5.52 Å². The molecule has 1 N–H and O–H groups in total. The zero-order chi connectivity index (χ0) is 14.1. The highest BCUT2D eigenvalue weighted by atomic mass is 35.5. The highest BCUT2D eigenvalue weighted by Gasteiger charge is 2.04. The van der Waals surface area contributed by atoms with Gasteiger partial charge in [-0.05, 0) is 61.4 Å². The number of nitrogens with one attached hydrogen (secondary N) is 1. The first kappa shape index (κ1) is 12.9. The topological polar surface area (TPSA) is 24.9 Å². The average molecular weight is 283 g/mol. The van der Waals surface area contributed by atoms with Gasteiger partial charge in [0.1, 0.15) is 0 Å². The molecule has 0 fully saturated rings. The van der Waals surface area contributed by atoms with Crippen molar-refractivity contribution in [3.05, 3.63) is 64.8 Å². The number of rotatable bonds is 2. The fourth-order valence-electron chi connectivity index (χ4n) is 2.43. The molecule has 0 saturated carbocycles. The molecule has 3 rings (SSSR count). The van der Waals surface area contributed by atoms with E-state index in [0.29, 0.717) is 5.02 Å². The van der Waals surface area contributed by atoms with Gasteiger partial charge < -0.3 is 5.32 Å². The van der Waals surface area contributed by atoms with E-state index in [1.807, 2.05) is 24.3 Å². The Kier molecular flexibility index (Phi) is 3.33. The predicted molar refractivity (Wildman–Crippen MR) is 86.0 cm³/mol. The summed E-state index contributed by atoms with van der Waals surface area (Å²) >= 11 is 6.09. The van der Waals surface area contributed by atoms with Crippen molar-refractivity contribution in [2.45, 2.75) is 13.8 Å². The average Bonchev–Trinajstić information content (AvgIpc) is 2.38. The molecule has 0 radical (unpaired) electrons. The molecule has 0 saturated heterocycles. The van der Waals surface area contributed by atoms with Crippen LogP contribution in [0.3, 0.4) is 0 Å². The van der Waals surface area contributed by atoms with E-state index >= 15 is 0 Å². The van der Waals surface area contributed by atoms with Crippen LogP contribution < -0.4 is 5.32 Å². The molecule has 100 valence electrons. The maximum Gasteiger partial charge on any atom is 0.0723 e. The van der Waals surface area contributed by atoms with Crippen molar-refractivity contribution in [1.29, 1.82) is 0 Å². The van der Waals surface area contributed by atoms with Crippen molar-refractivity contribution in [1.82, 2.24) is 4.98 Å². The summed E-state index contributed by atoms with van der Waals surface area (Å²) in [6, 6.07) is 14.1. The van der Waals surface area contributed by atoms with Crippen LogP contribution in [-0.2, 0) is 0 Å². The van der Waals surface area contributed by atoms with Crippen molar-refractivity contribution >= 4 is 33.9 Å². The molecular formula is C17H15ClN2. The van der Waals surface area contributed by atoms with Gasteiger partial charge in [0, 0.05) is 28.0 Å². The van der Waals surface area contributed by atoms with E-state index in [0.717, 1.165) is 22.3 Å². The van der Waals surface area contributed by atoms with E-state index in [4.69, 9.17) is 11.6 Å². The molecule has 3 aromatic rings. The lowest BCUT2D eigenvalue weighted by atomic mass is 10.1. The number of pyridine rings is 1. The number of aromatic nitrogens is 1. The van der Waals surface area contributed by atoms with Crippen LogP contribution in [0.2, 0.25) is 5.02 Å². The number of benzene rings is 2. The molecule has 20 heavy (non-hydrogen) atoms. The lowest BCUT2D eigenvalue weighted by Gasteiger charge is -2.11. The van der Waals surface area contributed by atoms with E-state index in [1.165, 1.54) is 11.1 Å². The first-order valence-electron chi connectivity index (χ1n) is 6.51. The number of nitrogens with zero attached hydrogens (tertiary/aromatic N) is 1. The van der Waals surface area contributed by atoms with Gasteiger partial charge in [-0.25, -0.2) is 0 Å². The lowest BCUT2D eigenvalue weighted by molar-refractivity contribution is 1.37. The van der Waals surface area contributed by atoms with Crippen LogP contribution in [0.15, 0.2) is 48.7 Å². The highest BCUT2D eigenvalue weighted by Crippen LogP contribution is 2.28. The molecular weight excluding hydrogens is 268 g/mol. The quantitative estimate of drug-likeness (QED) is 0.694. The Labute approximate surface area is 123 Å². The van der Waals surface area contributed by atoms with Crippen molar-refractivity contribution < 1.29 is 0 Å². The third-order valence-electron chi connectivity index (χ3n) is 3.20. The highest BCUT2D eigenvalue weighted by molar-refractivity contribution is 6.31. The summed E-state index contributed by atoms with van der Waals surface area (Å²) in [4.78, 5) is 4.36. The Morgan fingerprint density at radius 3 is 2.45 bits per heavy atom. The summed E-state index contributed by atoms with van der Waals surface area (Å²) in [5.41, 5.74) is 5.51. The maximum absolute atomic E-state index is 6.09. The van der Waals surface area contributed by atoms with Crippen molar-refractivity contribution in [2.24, 2.45) is 0 Å². The van der Waals surface area contributed by atoms with Gasteiger partial charge in [-0.1, -0.05) is 17.7 Å². The summed E-state index contributed by atoms with van der Waals surface area (Å²) in [5.74, 6) is 0. The summed E-state index contributed by atoms with van der Waals surface area (Å²) in [5, 5.41) is 5.20. The zero-order valence-corrected chi connectivity index (χ0v) is 12.2. The smallest absolute Gasteiger partial charge is 0.0723 e. The lowest BCUT2D eigenvalue weighted by Crippen LogP contribution is -1.94. The Morgan fingerprint density at radius 2 is 1.70 bits per heavy atom. The standard InChI is InChI=1S/C17H15ClN2/c1-11-7-12(2)9-14(8-11)20-17-5-6-19-16-4-3-13(18)10-15(16)17/h3-10H,1-2H3,(H,19,20). The number of hydrogen-bond acceptors (Lipinski definition) is 2. The minimum atomic E-state index is 0.717. The molecule has 0 bridgehead atoms. The minimum absolute atomic E-state index is 0.717. The number of anilines is 2. The number of fused-ring (bicyclic) bond motifs is 1. The van der Waals surface area contributed by atoms with E-state index in [9.17, 15) is 0 Å². The fraction of sp³-hybridized carbons (Fsp3) is 0.118. The molecule has 0 amide bonds. The second-order valence-corrected chi connectivity index (χ2v) is 5.46. The van der Waals surface area contributed by atoms with Gasteiger partial charge in [-0.2, -0.15) is 0 Å². The van der Waals surface area contributed by atoms with Crippen molar-refractivity contribution in [3.8, 4) is 0 Å². The predicted octanol–water partition coefficient (Wildman–Crippen LogP) is 5.25. The molecule has 1 heterocycles. The van der Waals surface area contributed by atoms with Crippen LogP contribution in [0.5, 0.6) is 0 Å². The zero-order valence-electron chi connectivity index (χ0n) is 11.4. The van der Waals surface area contributed by atoms with Crippen LogP contribution in [0, 0.1) is 13.8 Å². The Balaban J connectivity index is 2.08. The van der Waals surface area contributed by atoms with E-state index in [2.05, 4.69) is 42.3 Å². The third-order valence-corrected chi connectivity index (χ3v) is 3.44. The summed E-state index contributed by atoms with van der Waals surface area (Å²) < 4.78 is 0. The third kappa shape index (κ3) is 2.61. The SMILES string of the molecule is Cc1cc(C)cc(Nc2ccnc3ccc(Cl)cc23)c1. The Hall–Kier alpha value is -2.06. The summed E-state index contributed by atoms with van der Waals surface area (Å²) in [7, 11) is 0. The molecule has 2 aromatic carbocycles. The normalized spacial score (nSPS) is 10.8. The largest absolute Gasteiger partial charge is 0.355 e. The monoisotopic (exact) mass is 282 g/mol.